The van der Waals surface area contributed by atoms with Crippen molar-refractivity contribution < 1.29 is 23.3 Å². The van der Waals surface area contributed by atoms with Crippen molar-refractivity contribution in [1.29, 1.82) is 0 Å². The molecule has 3 heterocycles. The number of pyridine rings is 2. The van der Waals surface area contributed by atoms with Crippen LogP contribution in [0.5, 0.6) is 23.0 Å². The smallest absolute Gasteiger partial charge is 0.203 e. The van der Waals surface area contributed by atoms with Gasteiger partial charge in [0.15, 0.2) is 11.5 Å². The third kappa shape index (κ3) is 7.52. The van der Waals surface area contributed by atoms with Gasteiger partial charge in [-0.25, -0.2) is 4.39 Å². The molecule has 48 heavy (non-hydrogen) atoms. The van der Waals surface area contributed by atoms with Crippen molar-refractivity contribution in [3.8, 4) is 45.5 Å². The number of likely N-dealkylation sites (tertiary alicyclic amines) is 1. The maximum Gasteiger partial charge on any atom is 0.203 e. The highest BCUT2D eigenvalue weighted by atomic mass is 19.1. The molecule has 248 valence electrons. The minimum Gasteiger partial charge on any atom is -0.497 e. The van der Waals surface area contributed by atoms with Crippen LogP contribution in [0.4, 0.5) is 10.1 Å². The van der Waals surface area contributed by atoms with Crippen LogP contribution in [0.15, 0.2) is 97.3 Å². The minimum atomic E-state index is -0.257. The molecular formula is C39H41FN4O4. The highest BCUT2D eigenvalue weighted by Gasteiger charge is 2.26. The molecule has 0 atom stereocenters. The van der Waals surface area contributed by atoms with Crippen molar-refractivity contribution in [3.63, 3.8) is 0 Å². The first-order valence-corrected chi connectivity index (χ1v) is 16.1. The molecule has 0 bridgehead atoms. The molecule has 9 heteroatoms. The van der Waals surface area contributed by atoms with Gasteiger partial charge in [0.25, 0.3) is 0 Å². The summed E-state index contributed by atoms with van der Waals surface area (Å²) in [4.78, 5) is 14.2. The van der Waals surface area contributed by atoms with Crippen LogP contribution in [-0.4, -0.2) is 62.4 Å². The number of nitrogens with zero attached hydrogens (tertiary/aromatic N) is 4. The lowest BCUT2D eigenvalue weighted by atomic mass is 10.00. The van der Waals surface area contributed by atoms with Gasteiger partial charge < -0.3 is 23.8 Å². The van der Waals surface area contributed by atoms with Gasteiger partial charge >= 0.3 is 0 Å². The first-order valence-electron chi connectivity index (χ1n) is 16.1. The Morgan fingerprint density at radius 2 is 1.35 bits per heavy atom. The van der Waals surface area contributed by atoms with E-state index in [1.54, 1.807) is 34.5 Å². The SMILES string of the molecule is COc1ccc(N(Cc2ccnc(-c3cc(OC)c(OC)c(OC)c3)c2)C2CCN(Cc3ccnc(-c4cccc(F)c4)c3)CC2)cc1. The summed E-state index contributed by atoms with van der Waals surface area (Å²) in [5, 5.41) is 0. The van der Waals surface area contributed by atoms with Crippen LogP contribution in [0, 0.1) is 5.82 Å². The molecule has 5 aromatic rings. The first kappa shape index (κ1) is 32.8. The largest absolute Gasteiger partial charge is 0.497 e. The summed E-state index contributed by atoms with van der Waals surface area (Å²) < 4.78 is 36.0. The van der Waals surface area contributed by atoms with Gasteiger partial charge in [-0.2, -0.15) is 0 Å². The molecule has 0 aliphatic carbocycles. The fourth-order valence-electron chi connectivity index (χ4n) is 6.39. The van der Waals surface area contributed by atoms with Crippen molar-refractivity contribution >= 4 is 5.69 Å². The van der Waals surface area contributed by atoms with Gasteiger partial charge in [-0.05, 0) is 96.8 Å². The zero-order chi connectivity index (χ0) is 33.5. The Hall–Kier alpha value is -5.15. The molecule has 0 radical (unpaired) electrons. The van der Waals surface area contributed by atoms with Crippen LogP contribution >= 0.6 is 0 Å². The predicted octanol–water partition coefficient (Wildman–Crippen LogP) is 7.66. The van der Waals surface area contributed by atoms with E-state index in [1.165, 1.54) is 17.7 Å². The summed E-state index contributed by atoms with van der Waals surface area (Å²) in [5.74, 6) is 2.29. The van der Waals surface area contributed by atoms with Crippen LogP contribution < -0.4 is 23.8 Å². The van der Waals surface area contributed by atoms with Crippen molar-refractivity contribution in [2.75, 3.05) is 46.4 Å². The number of methoxy groups -OCH3 is 4. The fourth-order valence-corrected chi connectivity index (χ4v) is 6.39. The third-order valence-electron chi connectivity index (χ3n) is 8.89. The number of rotatable bonds is 12. The number of piperidine rings is 1. The molecule has 0 saturated carbocycles. The van der Waals surface area contributed by atoms with Crippen LogP contribution in [0.1, 0.15) is 24.0 Å². The second kappa shape index (κ2) is 15.2. The molecule has 0 N–H and O–H groups in total. The monoisotopic (exact) mass is 648 g/mol. The van der Waals surface area contributed by atoms with E-state index in [9.17, 15) is 4.39 Å². The summed E-state index contributed by atoms with van der Waals surface area (Å²) in [6, 6.07) is 27.4. The molecule has 1 aliphatic heterocycles. The van der Waals surface area contributed by atoms with E-state index >= 15 is 0 Å². The molecule has 3 aromatic carbocycles. The highest BCUT2D eigenvalue weighted by molar-refractivity contribution is 5.69. The number of benzene rings is 3. The van der Waals surface area contributed by atoms with Gasteiger partial charge in [-0.3, -0.25) is 14.9 Å². The Morgan fingerprint density at radius 1 is 0.708 bits per heavy atom. The lowest BCUT2D eigenvalue weighted by Crippen LogP contribution is -2.44. The van der Waals surface area contributed by atoms with Crippen LogP contribution in [-0.2, 0) is 13.1 Å². The van der Waals surface area contributed by atoms with E-state index in [0.29, 0.717) is 23.3 Å². The minimum absolute atomic E-state index is 0.257. The zero-order valence-corrected chi connectivity index (χ0v) is 27.9. The molecule has 2 aromatic heterocycles. The average molecular weight is 649 g/mol. The van der Waals surface area contributed by atoms with Gasteiger partial charge in [0, 0.05) is 61.4 Å². The number of hydrogen-bond acceptors (Lipinski definition) is 8. The van der Waals surface area contributed by atoms with Crippen LogP contribution in [0.2, 0.25) is 0 Å². The molecule has 1 aliphatic rings. The van der Waals surface area contributed by atoms with Crippen molar-refractivity contribution in [2.24, 2.45) is 0 Å². The molecule has 8 nitrogen and oxygen atoms in total. The fraction of sp³-hybridized carbons (Fsp3) is 0.282. The van der Waals surface area contributed by atoms with E-state index in [0.717, 1.165) is 78.5 Å². The van der Waals surface area contributed by atoms with Gasteiger partial charge in [-0.1, -0.05) is 12.1 Å². The maximum absolute atomic E-state index is 13.8. The van der Waals surface area contributed by atoms with Gasteiger partial charge in [0.1, 0.15) is 11.6 Å². The Kier molecular flexibility index (Phi) is 10.4. The third-order valence-corrected chi connectivity index (χ3v) is 8.89. The maximum atomic E-state index is 13.8. The van der Waals surface area contributed by atoms with E-state index in [2.05, 4.69) is 45.1 Å². The Bertz CT molecular complexity index is 1800. The molecule has 0 amide bonds. The number of halogens is 1. The quantitative estimate of drug-likeness (QED) is 0.137. The van der Waals surface area contributed by atoms with E-state index < -0.39 is 0 Å². The van der Waals surface area contributed by atoms with Crippen molar-refractivity contribution in [1.82, 2.24) is 14.9 Å². The van der Waals surface area contributed by atoms with Crippen molar-refractivity contribution in [3.05, 3.63) is 114 Å². The Balaban J connectivity index is 1.20. The Morgan fingerprint density at radius 3 is 1.98 bits per heavy atom. The van der Waals surface area contributed by atoms with Crippen LogP contribution in [0.25, 0.3) is 22.5 Å². The topological polar surface area (TPSA) is 69.2 Å². The second-order valence-corrected chi connectivity index (χ2v) is 11.9. The molecule has 0 unspecified atom stereocenters. The lowest BCUT2D eigenvalue weighted by molar-refractivity contribution is 0.201. The summed E-state index contributed by atoms with van der Waals surface area (Å²) in [5.41, 5.74) is 6.75. The van der Waals surface area contributed by atoms with E-state index in [-0.39, 0.29) is 5.82 Å². The van der Waals surface area contributed by atoms with Crippen molar-refractivity contribution in [2.45, 2.75) is 32.0 Å². The molecule has 1 fully saturated rings. The van der Waals surface area contributed by atoms with Crippen LogP contribution in [0.3, 0.4) is 0 Å². The van der Waals surface area contributed by atoms with Gasteiger partial charge in [0.05, 0.1) is 39.8 Å². The molecule has 1 saturated heterocycles. The summed E-state index contributed by atoms with van der Waals surface area (Å²) in [7, 11) is 6.52. The average Bonchev–Trinajstić information content (AvgIpc) is 3.14. The normalized spacial score (nSPS) is 13.6. The lowest BCUT2D eigenvalue weighted by Gasteiger charge is -2.40. The molecule has 0 spiro atoms. The number of hydrogen-bond donors (Lipinski definition) is 0. The zero-order valence-electron chi connectivity index (χ0n) is 27.9. The van der Waals surface area contributed by atoms with Gasteiger partial charge in [0.2, 0.25) is 5.75 Å². The number of ether oxygens (including phenoxy) is 4. The Labute approximate surface area is 281 Å². The predicted molar refractivity (Wildman–Crippen MR) is 186 cm³/mol. The summed E-state index contributed by atoms with van der Waals surface area (Å²) >= 11 is 0. The van der Waals surface area contributed by atoms with E-state index in [4.69, 9.17) is 23.9 Å². The highest BCUT2D eigenvalue weighted by Crippen LogP contribution is 2.41. The summed E-state index contributed by atoms with van der Waals surface area (Å²) in [6.45, 7) is 3.46. The number of anilines is 1. The first-order chi connectivity index (χ1) is 23.5. The van der Waals surface area contributed by atoms with E-state index in [1.807, 2.05) is 48.8 Å². The molecule has 6 rings (SSSR count). The second-order valence-electron chi connectivity index (χ2n) is 11.9. The standard InChI is InChI=1S/C39H41FN4O4/c1-45-34-10-8-32(9-11-34)44(26-28-13-17-42-36(21-28)30-23-37(46-2)39(48-4)38(24-30)47-3)33-14-18-43(19-15-33)25-27-12-16-41-35(20-27)29-6-5-7-31(40)22-29/h5-13,16-17,20-24,33H,14-15,18-19,25-26H2,1-4H3. The van der Waals surface area contributed by atoms with Gasteiger partial charge in [-0.15, -0.1) is 0 Å². The molecular weight excluding hydrogens is 607 g/mol. The number of aromatic nitrogens is 2. The summed E-state index contributed by atoms with van der Waals surface area (Å²) in [6.07, 6.45) is 5.70.